The van der Waals surface area contributed by atoms with Gasteiger partial charge in [-0.3, -0.25) is 20.4 Å². The minimum absolute atomic E-state index is 0.249. The van der Waals surface area contributed by atoms with Gasteiger partial charge in [0.1, 0.15) is 5.75 Å². The van der Waals surface area contributed by atoms with Crippen molar-refractivity contribution in [3.8, 4) is 5.75 Å². The number of methoxy groups -OCH3 is 1. The molecule has 34 heavy (non-hydrogen) atoms. The lowest BCUT2D eigenvalue weighted by Gasteiger charge is -2.13. The van der Waals surface area contributed by atoms with Crippen LogP contribution >= 0.6 is 11.6 Å². The molecule has 8 nitrogen and oxygen atoms in total. The second-order valence-corrected chi connectivity index (χ2v) is 8.17. The van der Waals surface area contributed by atoms with Crippen LogP contribution in [0.1, 0.15) is 27.3 Å². The van der Waals surface area contributed by atoms with Crippen LogP contribution in [-0.4, -0.2) is 40.5 Å². The van der Waals surface area contributed by atoms with E-state index in [1.807, 2.05) is 44.3 Å². The van der Waals surface area contributed by atoms with E-state index >= 15 is 0 Å². The molecule has 2 aromatic heterocycles. The number of aromatic amines is 1. The number of halogens is 1. The Kier molecular flexibility index (Phi) is 7.08. The number of nitrogens with zero attached hydrogens (tertiary/aromatic N) is 3. The zero-order valence-electron chi connectivity index (χ0n) is 19.1. The van der Waals surface area contributed by atoms with Crippen molar-refractivity contribution < 1.29 is 9.53 Å². The molecule has 0 atom stereocenters. The van der Waals surface area contributed by atoms with Crippen LogP contribution in [0.2, 0.25) is 5.02 Å². The summed E-state index contributed by atoms with van der Waals surface area (Å²) >= 11 is 6.16. The van der Waals surface area contributed by atoms with E-state index in [1.165, 1.54) is 7.11 Å². The van der Waals surface area contributed by atoms with Crippen LogP contribution in [0, 0.1) is 13.8 Å². The molecule has 4 aromatic rings. The maximum Gasteiger partial charge on any atom is 0.261 e. The van der Waals surface area contributed by atoms with Gasteiger partial charge in [0, 0.05) is 40.1 Å². The third-order valence-electron chi connectivity index (χ3n) is 5.18. The third kappa shape index (κ3) is 5.52. The number of amides is 1. The Morgan fingerprint density at radius 1 is 1.12 bits per heavy atom. The molecule has 0 bridgehead atoms. The number of aryl methyl sites for hydroxylation is 2. The molecule has 0 fully saturated rings. The number of hydrogen-bond acceptors (Lipinski definition) is 5. The Bertz CT molecular complexity index is 1340. The maximum absolute atomic E-state index is 13.0. The number of rotatable bonds is 6. The highest BCUT2D eigenvalue weighted by Gasteiger charge is 2.15. The maximum atomic E-state index is 13.0. The molecule has 4 rings (SSSR count). The van der Waals surface area contributed by atoms with Crippen molar-refractivity contribution in [2.24, 2.45) is 4.99 Å². The number of nitrogens with one attached hydrogen (secondary N) is 3. The average Bonchev–Trinajstić information content (AvgIpc) is 3.20. The first-order valence-corrected chi connectivity index (χ1v) is 11.1. The third-order valence-corrected chi connectivity index (χ3v) is 5.41. The lowest BCUT2D eigenvalue weighted by atomic mass is 10.1. The number of hydrogen-bond donors (Lipinski definition) is 3. The highest BCUT2D eigenvalue weighted by atomic mass is 35.5. The number of aliphatic imine (C=N–C) groups is 1. The first kappa shape index (κ1) is 23.3. The molecule has 2 aromatic carbocycles. The van der Waals surface area contributed by atoms with Crippen molar-refractivity contribution in [1.82, 2.24) is 20.3 Å². The fourth-order valence-electron chi connectivity index (χ4n) is 3.65. The monoisotopic (exact) mass is 476 g/mol. The zero-order chi connectivity index (χ0) is 24.1. The van der Waals surface area contributed by atoms with Crippen LogP contribution in [0.3, 0.4) is 0 Å². The number of aromatic nitrogens is 3. The summed E-state index contributed by atoms with van der Waals surface area (Å²) in [7, 11) is 1.52. The van der Waals surface area contributed by atoms with Crippen molar-refractivity contribution in [3.63, 3.8) is 0 Å². The number of H-pyrrole nitrogens is 1. The van der Waals surface area contributed by atoms with Gasteiger partial charge in [-0.25, -0.2) is 9.97 Å². The number of para-hydroxylation sites is 1. The first-order valence-electron chi connectivity index (χ1n) is 10.8. The highest BCUT2D eigenvalue weighted by molar-refractivity contribution is 6.31. The van der Waals surface area contributed by atoms with Gasteiger partial charge in [0.05, 0.1) is 12.7 Å². The Hall–Kier alpha value is -3.91. The molecule has 3 N–H and O–H groups in total. The second kappa shape index (κ2) is 10.4. The molecule has 174 valence electrons. The summed E-state index contributed by atoms with van der Waals surface area (Å²) in [6.07, 6.45) is 2.59. The van der Waals surface area contributed by atoms with E-state index in [0.717, 1.165) is 27.9 Å². The molecule has 0 aliphatic rings. The minimum Gasteiger partial charge on any atom is -0.496 e. The molecule has 9 heteroatoms. The molecule has 0 spiro atoms. The molecule has 1 amide bonds. The Morgan fingerprint density at radius 3 is 2.65 bits per heavy atom. The fraction of sp³-hybridized carbons (Fsp3) is 0.200. The summed E-state index contributed by atoms with van der Waals surface area (Å²) in [5.74, 6) is 0.721. The van der Waals surface area contributed by atoms with Crippen LogP contribution in [0.15, 0.2) is 59.7 Å². The predicted molar refractivity (Wildman–Crippen MR) is 135 cm³/mol. The summed E-state index contributed by atoms with van der Waals surface area (Å²) < 4.78 is 5.32. The average molecular weight is 477 g/mol. The van der Waals surface area contributed by atoms with Gasteiger partial charge < -0.3 is 9.72 Å². The van der Waals surface area contributed by atoms with Gasteiger partial charge in [0.15, 0.2) is 0 Å². The summed E-state index contributed by atoms with van der Waals surface area (Å²) in [5.41, 5.74) is 4.10. The van der Waals surface area contributed by atoms with E-state index in [-0.39, 0.29) is 11.9 Å². The number of ether oxygens (including phenoxy) is 1. The number of carbonyl (C=O) groups is 1. The molecular formula is C25H25ClN6O2. The topological polar surface area (TPSA) is 104 Å². The van der Waals surface area contributed by atoms with Crippen molar-refractivity contribution in [2.45, 2.75) is 20.3 Å². The van der Waals surface area contributed by atoms with Crippen LogP contribution in [0.4, 0.5) is 5.95 Å². The van der Waals surface area contributed by atoms with E-state index in [4.69, 9.17) is 16.3 Å². The molecule has 0 saturated carbocycles. The number of benzene rings is 2. The predicted octanol–water partition coefficient (Wildman–Crippen LogP) is 4.68. The van der Waals surface area contributed by atoms with Crippen LogP contribution < -0.4 is 15.4 Å². The van der Waals surface area contributed by atoms with Crippen molar-refractivity contribution in [2.75, 3.05) is 19.0 Å². The van der Waals surface area contributed by atoms with Crippen LogP contribution in [0.5, 0.6) is 5.75 Å². The van der Waals surface area contributed by atoms with Gasteiger partial charge in [-0.15, -0.1) is 0 Å². The van der Waals surface area contributed by atoms with E-state index in [2.05, 4.69) is 30.6 Å². The summed E-state index contributed by atoms with van der Waals surface area (Å²) in [6, 6.07) is 14.6. The quantitative estimate of drug-likeness (QED) is 0.277. The van der Waals surface area contributed by atoms with Gasteiger partial charge >= 0.3 is 0 Å². The van der Waals surface area contributed by atoms with E-state index in [1.54, 1.807) is 24.3 Å². The largest absolute Gasteiger partial charge is 0.496 e. The van der Waals surface area contributed by atoms with Crippen molar-refractivity contribution >= 4 is 40.3 Å². The Morgan fingerprint density at radius 2 is 1.88 bits per heavy atom. The molecule has 2 heterocycles. The lowest BCUT2D eigenvalue weighted by Crippen LogP contribution is -2.37. The Balaban J connectivity index is 1.57. The zero-order valence-corrected chi connectivity index (χ0v) is 19.9. The normalized spacial score (nSPS) is 11.5. The highest BCUT2D eigenvalue weighted by Crippen LogP contribution is 2.23. The molecule has 0 aliphatic heterocycles. The van der Waals surface area contributed by atoms with Crippen LogP contribution in [0.25, 0.3) is 10.9 Å². The number of fused-ring (bicyclic) bond motifs is 1. The van der Waals surface area contributed by atoms with E-state index in [9.17, 15) is 4.79 Å². The van der Waals surface area contributed by atoms with Gasteiger partial charge in [0.2, 0.25) is 11.9 Å². The lowest BCUT2D eigenvalue weighted by molar-refractivity contribution is 0.0974. The molecule has 0 aliphatic carbocycles. The van der Waals surface area contributed by atoms with Gasteiger partial charge in [0.25, 0.3) is 5.91 Å². The molecule has 0 radical (unpaired) electrons. The summed E-state index contributed by atoms with van der Waals surface area (Å²) in [4.78, 5) is 29.6. The van der Waals surface area contributed by atoms with Gasteiger partial charge in [-0.1, -0.05) is 23.7 Å². The van der Waals surface area contributed by atoms with E-state index < -0.39 is 0 Å². The van der Waals surface area contributed by atoms with Crippen molar-refractivity contribution in [1.29, 1.82) is 0 Å². The fourth-order valence-corrected chi connectivity index (χ4v) is 3.82. The summed E-state index contributed by atoms with van der Waals surface area (Å²) in [6.45, 7) is 4.18. The standard InChI is InChI=1S/C25H25ClN6O2/c1-15-12-16(2)30-25(29-15)32-24(31-23(33)19-6-4-5-7-22(19)34-3)27-11-10-17-14-28-21-9-8-18(26)13-20(17)21/h4-9,12-14,28H,10-11H2,1-3H3,(H2,27,29,30,31,32,33). The van der Waals surface area contributed by atoms with Gasteiger partial charge in [-0.05, 0) is 62.2 Å². The SMILES string of the molecule is COc1ccccc1C(=O)NC(=NCCc1c[nH]c2ccc(Cl)cc12)Nc1nc(C)cc(C)n1. The molecular weight excluding hydrogens is 452 g/mol. The van der Waals surface area contributed by atoms with Crippen molar-refractivity contribution in [3.05, 3.63) is 82.3 Å². The first-order chi connectivity index (χ1) is 16.4. The minimum atomic E-state index is -0.355. The van der Waals surface area contributed by atoms with Crippen LogP contribution in [-0.2, 0) is 6.42 Å². The number of carbonyl (C=O) groups excluding carboxylic acids is 1. The molecule has 0 unspecified atom stereocenters. The van der Waals surface area contributed by atoms with E-state index in [0.29, 0.717) is 35.2 Å². The Labute approximate surface area is 202 Å². The second-order valence-electron chi connectivity index (χ2n) is 7.74. The van der Waals surface area contributed by atoms with Gasteiger partial charge in [-0.2, -0.15) is 0 Å². The molecule has 0 saturated heterocycles. The smallest absolute Gasteiger partial charge is 0.261 e. The number of guanidine groups is 1. The number of anilines is 1. The summed E-state index contributed by atoms with van der Waals surface area (Å²) in [5, 5.41) is 7.61.